The van der Waals surface area contributed by atoms with Crippen LogP contribution in [-0.2, 0) is 4.79 Å². The van der Waals surface area contributed by atoms with E-state index in [0.29, 0.717) is 5.13 Å². The normalized spacial score (nSPS) is 10.7. The van der Waals surface area contributed by atoms with Crippen molar-refractivity contribution in [2.45, 2.75) is 20.8 Å². The van der Waals surface area contributed by atoms with E-state index in [-0.39, 0.29) is 12.5 Å². The minimum absolute atomic E-state index is 0.0512. The lowest BCUT2D eigenvalue weighted by Crippen LogP contribution is -2.20. The van der Waals surface area contributed by atoms with Gasteiger partial charge in [-0.1, -0.05) is 60.7 Å². The van der Waals surface area contributed by atoms with Gasteiger partial charge in [0.15, 0.2) is 11.7 Å². The number of hydrogen-bond donors (Lipinski definition) is 1. The number of aryl methyl sites for hydroxylation is 2. The second-order valence-corrected chi connectivity index (χ2v) is 8.38. The molecule has 156 valence electrons. The van der Waals surface area contributed by atoms with Crippen molar-refractivity contribution in [3.8, 4) is 28.1 Å². The van der Waals surface area contributed by atoms with Crippen LogP contribution >= 0.6 is 11.3 Å². The summed E-state index contributed by atoms with van der Waals surface area (Å²) in [6.45, 7) is 6.00. The highest BCUT2D eigenvalue weighted by molar-refractivity contribution is 7.14. The van der Waals surface area contributed by atoms with Gasteiger partial charge in [0.2, 0.25) is 0 Å². The Morgan fingerprint density at radius 3 is 2.35 bits per heavy atom. The lowest BCUT2D eigenvalue weighted by molar-refractivity contribution is -0.118. The molecule has 4 aromatic rings. The maximum Gasteiger partial charge on any atom is 0.264 e. The molecule has 1 N–H and O–H groups in total. The molecule has 4 rings (SSSR count). The van der Waals surface area contributed by atoms with Gasteiger partial charge in [-0.15, -0.1) is 11.3 Å². The van der Waals surface area contributed by atoms with Crippen molar-refractivity contribution in [3.63, 3.8) is 0 Å². The minimum atomic E-state index is -0.223. The molecule has 0 unspecified atom stereocenters. The van der Waals surface area contributed by atoms with Crippen LogP contribution in [0.15, 0.2) is 72.1 Å². The summed E-state index contributed by atoms with van der Waals surface area (Å²) in [6.07, 6.45) is 0. The van der Waals surface area contributed by atoms with Crippen LogP contribution in [0.4, 0.5) is 5.13 Å². The Bertz CT molecular complexity index is 1200. The summed E-state index contributed by atoms with van der Waals surface area (Å²) in [6, 6.07) is 22.6. The second kappa shape index (κ2) is 9.14. The first-order chi connectivity index (χ1) is 15.0. The Morgan fingerprint density at radius 1 is 0.935 bits per heavy atom. The number of amides is 1. The quantitative estimate of drug-likeness (QED) is 0.385. The fourth-order valence-electron chi connectivity index (χ4n) is 3.38. The summed E-state index contributed by atoms with van der Waals surface area (Å²) in [5, 5.41) is 5.34. The Balaban J connectivity index is 1.38. The van der Waals surface area contributed by atoms with Crippen LogP contribution in [0.3, 0.4) is 0 Å². The number of rotatable bonds is 6. The van der Waals surface area contributed by atoms with Crippen molar-refractivity contribution in [2.75, 3.05) is 11.9 Å². The zero-order valence-corrected chi connectivity index (χ0v) is 18.6. The highest BCUT2D eigenvalue weighted by Gasteiger charge is 2.11. The number of anilines is 1. The summed E-state index contributed by atoms with van der Waals surface area (Å²) in [5.74, 6) is 0.518. The summed E-state index contributed by atoms with van der Waals surface area (Å²) < 4.78 is 5.74. The van der Waals surface area contributed by atoms with Gasteiger partial charge in [-0.25, -0.2) is 4.98 Å². The highest BCUT2D eigenvalue weighted by Crippen LogP contribution is 2.28. The monoisotopic (exact) mass is 428 g/mol. The van der Waals surface area contributed by atoms with Crippen molar-refractivity contribution in [3.05, 3.63) is 88.8 Å². The average Bonchev–Trinajstić information content (AvgIpc) is 3.24. The third kappa shape index (κ3) is 5.01. The van der Waals surface area contributed by atoms with E-state index in [0.717, 1.165) is 39.3 Å². The number of benzene rings is 3. The molecule has 0 aliphatic heterocycles. The van der Waals surface area contributed by atoms with E-state index in [2.05, 4.69) is 52.8 Å². The number of nitrogens with zero attached hydrogens (tertiary/aromatic N) is 1. The third-order valence-corrected chi connectivity index (χ3v) is 5.92. The van der Waals surface area contributed by atoms with E-state index in [1.54, 1.807) is 0 Å². The standard InChI is InChI=1S/C26H24N2O2S/c1-17-13-18(2)19(3)24(14-17)30-15-25(29)28-26-27-23(16-31-26)22-11-9-21(10-12-22)20-7-5-4-6-8-20/h4-14,16H,15H2,1-3H3,(H,27,28,29). The van der Waals surface area contributed by atoms with Gasteiger partial charge in [-0.2, -0.15) is 0 Å². The largest absolute Gasteiger partial charge is 0.483 e. The number of carbonyl (C=O) groups excluding carboxylic acids is 1. The van der Waals surface area contributed by atoms with E-state index >= 15 is 0 Å². The van der Waals surface area contributed by atoms with Gasteiger partial charge in [0.1, 0.15) is 5.75 Å². The molecule has 0 bridgehead atoms. The highest BCUT2D eigenvalue weighted by atomic mass is 32.1. The molecule has 0 aliphatic carbocycles. The summed E-state index contributed by atoms with van der Waals surface area (Å²) >= 11 is 1.40. The van der Waals surface area contributed by atoms with Crippen LogP contribution < -0.4 is 10.1 Å². The Kier molecular flexibility index (Phi) is 6.14. The maximum atomic E-state index is 12.3. The SMILES string of the molecule is Cc1cc(C)c(C)c(OCC(=O)Nc2nc(-c3ccc(-c4ccccc4)cc3)cs2)c1. The smallest absolute Gasteiger partial charge is 0.264 e. The van der Waals surface area contributed by atoms with Gasteiger partial charge in [0.25, 0.3) is 5.91 Å². The predicted octanol–water partition coefficient (Wildman–Crippen LogP) is 6.42. The van der Waals surface area contributed by atoms with Crippen LogP contribution in [0.25, 0.3) is 22.4 Å². The molecule has 0 aliphatic rings. The van der Waals surface area contributed by atoms with E-state index < -0.39 is 0 Å². The minimum Gasteiger partial charge on any atom is -0.483 e. The average molecular weight is 429 g/mol. The van der Waals surface area contributed by atoms with Crippen LogP contribution in [0, 0.1) is 20.8 Å². The molecular weight excluding hydrogens is 404 g/mol. The fourth-order valence-corrected chi connectivity index (χ4v) is 4.11. The third-order valence-electron chi connectivity index (χ3n) is 5.16. The maximum absolute atomic E-state index is 12.3. The lowest BCUT2D eigenvalue weighted by atomic mass is 10.0. The first-order valence-corrected chi connectivity index (χ1v) is 11.0. The summed E-state index contributed by atoms with van der Waals surface area (Å²) in [5.41, 5.74) is 7.50. The number of hydrogen-bond acceptors (Lipinski definition) is 4. The number of nitrogens with one attached hydrogen (secondary N) is 1. The first-order valence-electron chi connectivity index (χ1n) is 10.1. The number of carbonyl (C=O) groups is 1. The molecule has 31 heavy (non-hydrogen) atoms. The van der Waals surface area contributed by atoms with Gasteiger partial charge in [-0.3, -0.25) is 10.1 Å². The first kappa shape index (κ1) is 20.8. The van der Waals surface area contributed by atoms with Gasteiger partial charge < -0.3 is 4.74 Å². The molecule has 3 aromatic carbocycles. The van der Waals surface area contributed by atoms with Gasteiger partial charge in [-0.05, 0) is 54.7 Å². The summed E-state index contributed by atoms with van der Waals surface area (Å²) in [7, 11) is 0. The molecule has 5 heteroatoms. The fraction of sp³-hybridized carbons (Fsp3) is 0.154. The van der Waals surface area contributed by atoms with Crippen LogP contribution in [0.5, 0.6) is 5.75 Å². The molecule has 0 saturated heterocycles. The topological polar surface area (TPSA) is 51.2 Å². The Hall–Kier alpha value is -3.44. The zero-order chi connectivity index (χ0) is 21.8. The van der Waals surface area contributed by atoms with Crippen molar-refractivity contribution in [2.24, 2.45) is 0 Å². The molecule has 1 aromatic heterocycles. The van der Waals surface area contributed by atoms with E-state index in [4.69, 9.17) is 4.74 Å². The van der Waals surface area contributed by atoms with Crippen LogP contribution in [-0.4, -0.2) is 17.5 Å². The molecule has 0 radical (unpaired) electrons. The van der Waals surface area contributed by atoms with Gasteiger partial charge >= 0.3 is 0 Å². The van der Waals surface area contributed by atoms with Gasteiger partial charge in [0.05, 0.1) is 5.69 Å². The van der Waals surface area contributed by atoms with Crippen molar-refractivity contribution in [1.29, 1.82) is 0 Å². The van der Waals surface area contributed by atoms with Gasteiger partial charge in [0, 0.05) is 10.9 Å². The van der Waals surface area contributed by atoms with Crippen LogP contribution in [0.2, 0.25) is 0 Å². The molecule has 0 saturated carbocycles. The molecule has 0 fully saturated rings. The predicted molar refractivity (Wildman–Crippen MR) is 128 cm³/mol. The van der Waals surface area contributed by atoms with Crippen molar-refractivity contribution in [1.82, 2.24) is 4.98 Å². The van der Waals surface area contributed by atoms with E-state index in [1.807, 2.05) is 50.4 Å². The molecule has 0 atom stereocenters. The molecule has 1 heterocycles. The molecule has 1 amide bonds. The molecule has 4 nitrogen and oxygen atoms in total. The lowest BCUT2D eigenvalue weighted by Gasteiger charge is -2.11. The molecular formula is C26H24N2O2S. The molecule has 0 spiro atoms. The van der Waals surface area contributed by atoms with Crippen LogP contribution in [0.1, 0.15) is 16.7 Å². The second-order valence-electron chi connectivity index (χ2n) is 7.52. The number of ether oxygens (including phenoxy) is 1. The zero-order valence-electron chi connectivity index (χ0n) is 17.8. The Morgan fingerprint density at radius 2 is 1.61 bits per heavy atom. The Labute approximate surface area is 186 Å². The number of thiazole rings is 1. The van der Waals surface area contributed by atoms with Crippen molar-refractivity contribution >= 4 is 22.4 Å². The van der Waals surface area contributed by atoms with Crippen molar-refractivity contribution < 1.29 is 9.53 Å². The number of aromatic nitrogens is 1. The van der Waals surface area contributed by atoms with E-state index in [9.17, 15) is 4.79 Å². The summed E-state index contributed by atoms with van der Waals surface area (Å²) in [4.78, 5) is 16.9. The van der Waals surface area contributed by atoms with E-state index in [1.165, 1.54) is 16.9 Å².